The molecule has 14 heavy (non-hydrogen) atoms. The second-order valence-electron chi connectivity index (χ2n) is 3.02. The lowest BCUT2D eigenvalue weighted by atomic mass is 10.3. The Bertz CT molecular complexity index is 267. The van der Waals surface area contributed by atoms with E-state index >= 15 is 0 Å². The van der Waals surface area contributed by atoms with E-state index in [1.165, 1.54) is 4.88 Å². The molecule has 0 aromatic carbocycles. The maximum Gasteiger partial charge on any atom is 0.188 e. The Kier molecular flexibility index (Phi) is 5.07. The molecule has 0 aliphatic carbocycles. The number of hydrogen-bond donors (Lipinski definition) is 2. The molecule has 3 nitrogen and oxygen atoms in total. The summed E-state index contributed by atoms with van der Waals surface area (Å²) in [4.78, 5) is 5.52. The van der Waals surface area contributed by atoms with Gasteiger partial charge < -0.3 is 11.1 Å². The summed E-state index contributed by atoms with van der Waals surface area (Å²) in [5.41, 5.74) is 5.64. The van der Waals surface area contributed by atoms with Gasteiger partial charge in [-0.2, -0.15) is 0 Å². The van der Waals surface area contributed by atoms with E-state index in [2.05, 4.69) is 34.7 Å². The third-order valence-corrected chi connectivity index (χ3v) is 2.70. The predicted molar refractivity (Wildman–Crippen MR) is 62.8 cm³/mol. The van der Waals surface area contributed by atoms with Crippen LogP contribution in [0.25, 0.3) is 0 Å². The minimum Gasteiger partial charge on any atom is -0.370 e. The van der Waals surface area contributed by atoms with E-state index in [1.807, 2.05) is 0 Å². The van der Waals surface area contributed by atoms with Crippen molar-refractivity contribution in [1.29, 1.82) is 0 Å². The van der Waals surface area contributed by atoms with Crippen LogP contribution in [0.3, 0.4) is 0 Å². The lowest BCUT2D eigenvalue weighted by Crippen LogP contribution is -2.33. The van der Waals surface area contributed by atoms with E-state index in [0.29, 0.717) is 5.96 Å². The smallest absolute Gasteiger partial charge is 0.188 e. The fourth-order valence-electron chi connectivity index (χ4n) is 1.06. The topological polar surface area (TPSA) is 50.4 Å². The first kappa shape index (κ1) is 11.0. The van der Waals surface area contributed by atoms with E-state index < -0.39 is 0 Å². The van der Waals surface area contributed by atoms with Gasteiger partial charge in [0.15, 0.2) is 5.96 Å². The monoisotopic (exact) mass is 211 g/mol. The SMILES string of the molecule is CCCN=C(N)NCCc1cccs1. The van der Waals surface area contributed by atoms with Crippen LogP contribution in [0.1, 0.15) is 18.2 Å². The van der Waals surface area contributed by atoms with Crippen LogP contribution in [0.4, 0.5) is 0 Å². The molecule has 0 aliphatic heterocycles. The van der Waals surface area contributed by atoms with E-state index in [9.17, 15) is 0 Å². The highest BCUT2D eigenvalue weighted by Crippen LogP contribution is 2.07. The maximum atomic E-state index is 5.64. The molecule has 78 valence electrons. The minimum atomic E-state index is 0.559. The Hall–Kier alpha value is -1.03. The number of nitrogens with zero attached hydrogens (tertiary/aromatic N) is 1. The number of thiophene rings is 1. The third-order valence-electron chi connectivity index (χ3n) is 1.76. The van der Waals surface area contributed by atoms with E-state index in [1.54, 1.807) is 11.3 Å². The summed E-state index contributed by atoms with van der Waals surface area (Å²) in [7, 11) is 0. The molecular formula is C10H17N3S. The average Bonchev–Trinajstić information content (AvgIpc) is 2.67. The van der Waals surface area contributed by atoms with Crippen LogP contribution < -0.4 is 11.1 Å². The standard InChI is InChI=1S/C10H17N3S/c1-2-6-12-10(11)13-7-5-9-4-3-8-14-9/h3-4,8H,2,5-7H2,1H3,(H3,11,12,13). The zero-order valence-electron chi connectivity index (χ0n) is 8.49. The van der Waals surface area contributed by atoms with E-state index in [4.69, 9.17) is 5.73 Å². The Morgan fingerprint density at radius 3 is 3.14 bits per heavy atom. The van der Waals surface area contributed by atoms with Crippen molar-refractivity contribution in [1.82, 2.24) is 5.32 Å². The second-order valence-corrected chi connectivity index (χ2v) is 4.06. The molecule has 1 rings (SSSR count). The molecule has 0 bridgehead atoms. The van der Waals surface area contributed by atoms with Crippen LogP contribution >= 0.6 is 11.3 Å². The second kappa shape index (κ2) is 6.43. The van der Waals surface area contributed by atoms with Crippen molar-refractivity contribution in [2.24, 2.45) is 10.7 Å². The van der Waals surface area contributed by atoms with Gasteiger partial charge in [-0.05, 0) is 24.3 Å². The summed E-state index contributed by atoms with van der Waals surface area (Å²) in [5, 5.41) is 5.18. The zero-order valence-corrected chi connectivity index (χ0v) is 9.31. The van der Waals surface area contributed by atoms with Crippen molar-refractivity contribution in [2.75, 3.05) is 13.1 Å². The molecule has 1 aromatic rings. The molecule has 0 spiro atoms. The normalized spacial score (nSPS) is 11.6. The van der Waals surface area contributed by atoms with Crippen LogP contribution in [-0.2, 0) is 6.42 Å². The van der Waals surface area contributed by atoms with Crippen molar-refractivity contribution in [3.05, 3.63) is 22.4 Å². The summed E-state index contributed by atoms with van der Waals surface area (Å²) in [6.07, 6.45) is 2.05. The molecule has 1 heterocycles. The lowest BCUT2D eigenvalue weighted by Gasteiger charge is -2.03. The van der Waals surface area contributed by atoms with Crippen molar-refractivity contribution in [3.63, 3.8) is 0 Å². The minimum absolute atomic E-state index is 0.559. The number of guanidine groups is 1. The first-order chi connectivity index (χ1) is 6.83. The highest BCUT2D eigenvalue weighted by atomic mass is 32.1. The summed E-state index contributed by atoms with van der Waals surface area (Å²) >= 11 is 1.77. The first-order valence-electron chi connectivity index (χ1n) is 4.89. The number of aliphatic imine (C=N–C) groups is 1. The van der Waals surface area contributed by atoms with Gasteiger partial charge in [0.1, 0.15) is 0 Å². The quantitative estimate of drug-likeness (QED) is 0.574. The van der Waals surface area contributed by atoms with Crippen LogP contribution in [0.5, 0.6) is 0 Å². The number of rotatable bonds is 5. The van der Waals surface area contributed by atoms with Gasteiger partial charge in [0, 0.05) is 18.0 Å². The fraction of sp³-hybridized carbons (Fsp3) is 0.500. The van der Waals surface area contributed by atoms with Gasteiger partial charge in [0.05, 0.1) is 0 Å². The van der Waals surface area contributed by atoms with Crippen LogP contribution in [0.15, 0.2) is 22.5 Å². The number of nitrogens with one attached hydrogen (secondary N) is 1. The van der Waals surface area contributed by atoms with Crippen molar-refractivity contribution in [3.8, 4) is 0 Å². The number of nitrogens with two attached hydrogens (primary N) is 1. The van der Waals surface area contributed by atoms with Gasteiger partial charge in [-0.15, -0.1) is 11.3 Å². The summed E-state index contributed by atoms with van der Waals surface area (Å²) in [6.45, 7) is 3.75. The van der Waals surface area contributed by atoms with Gasteiger partial charge in [-0.25, -0.2) is 0 Å². The van der Waals surface area contributed by atoms with Crippen LogP contribution in [0.2, 0.25) is 0 Å². The van der Waals surface area contributed by atoms with Gasteiger partial charge in [-0.3, -0.25) is 4.99 Å². The molecule has 0 amide bonds. The molecule has 0 aliphatic rings. The lowest BCUT2D eigenvalue weighted by molar-refractivity contribution is 0.846. The van der Waals surface area contributed by atoms with Gasteiger partial charge in [0.25, 0.3) is 0 Å². The molecule has 1 aromatic heterocycles. The largest absolute Gasteiger partial charge is 0.370 e. The molecule has 0 radical (unpaired) electrons. The Labute approximate surface area is 89.0 Å². The highest BCUT2D eigenvalue weighted by Gasteiger charge is 1.94. The van der Waals surface area contributed by atoms with Gasteiger partial charge in [0.2, 0.25) is 0 Å². The van der Waals surface area contributed by atoms with E-state index in [-0.39, 0.29) is 0 Å². The van der Waals surface area contributed by atoms with Crippen LogP contribution in [-0.4, -0.2) is 19.0 Å². The highest BCUT2D eigenvalue weighted by molar-refractivity contribution is 7.09. The van der Waals surface area contributed by atoms with Crippen molar-refractivity contribution in [2.45, 2.75) is 19.8 Å². The van der Waals surface area contributed by atoms with Gasteiger partial charge in [-0.1, -0.05) is 13.0 Å². The average molecular weight is 211 g/mol. The molecule has 0 fully saturated rings. The summed E-state index contributed by atoms with van der Waals surface area (Å²) < 4.78 is 0. The Morgan fingerprint density at radius 2 is 2.50 bits per heavy atom. The molecule has 3 N–H and O–H groups in total. The first-order valence-corrected chi connectivity index (χ1v) is 5.77. The summed E-state index contributed by atoms with van der Waals surface area (Å²) in [6, 6.07) is 4.19. The Morgan fingerprint density at radius 1 is 1.64 bits per heavy atom. The molecule has 0 unspecified atom stereocenters. The molecule has 0 atom stereocenters. The molecule has 0 saturated carbocycles. The van der Waals surface area contributed by atoms with Crippen LogP contribution in [0, 0.1) is 0 Å². The van der Waals surface area contributed by atoms with Crippen molar-refractivity contribution < 1.29 is 0 Å². The van der Waals surface area contributed by atoms with Crippen molar-refractivity contribution >= 4 is 17.3 Å². The Balaban J connectivity index is 2.15. The van der Waals surface area contributed by atoms with E-state index in [0.717, 1.165) is 25.9 Å². The predicted octanol–water partition coefficient (Wildman–Crippen LogP) is 1.60. The zero-order chi connectivity index (χ0) is 10.2. The summed E-state index contributed by atoms with van der Waals surface area (Å²) in [5.74, 6) is 0.559. The maximum absolute atomic E-state index is 5.64. The molecule has 4 heteroatoms. The molecular weight excluding hydrogens is 194 g/mol. The third kappa shape index (κ3) is 4.28. The fourth-order valence-corrected chi connectivity index (χ4v) is 1.77. The number of hydrogen-bond acceptors (Lipinski definition) is 2. The van der Waals surface area contributed by atoms with Gasteiger partial charge >= 0.3 is 0 Å². The molecule has 0 saturated heterocycles.